The van der Waals surface area contributed by atoms with Gasteiger partial charge in [-0.2, -0.15) is 4.98 Å². The van der Waals surface area contributed by atoms with E-state index in [1.54, 1.807) is 0 Å². The van der Waals surface area contributed by atoms with Crippen LogP contribution in [0.25, 0.3) is 0 Å². The number of rotatable bonds is 6. The summed E-state index contributed by atoms with van der Waals surface area (Å²) in [4.78, 5) is 8.85. The highest BCUT2D eigenvalue weighted by molar-refractivity contribution is 5.48. The highest BCUT2D eigenvalue weighted by Gasteiger charge is 2.14. The smallest absolute Gasteiger partial charge is 0.224 e. The molecule has 0 bridgehead atoms. The van der Waals surface area contributed by atoms with Gasteiger partial charge in [0.05, 0.1) is 6.04 Å². The molecule has 2 N–H and O–H groups in total. The van der Waals surface area contributed by atoms with Crippen molar-refractivity contribution >= 4 is 11.8 Å². The largest absolute Gasteiger partial charge is 0.466 e. The van der Waals surface area contributed by atoms with Gasteiger partial charge >= 0.3 is 0 Å². The Labute approximate surface area is 126 Å². The fourth-order valence-electron chi connectivity index (χ4n) is 2.27. The highest BCUT2D eigenvalue weighted by Crippen LogP contribution is 2.25. The van der Waals surface area contributed by atoms with E-state index in [0.717, 1.165) is 41.4 Å². The number of hydrogen-bond acceptors (Lipinski definition) is 5. The fourth-order valence-corrected chi connectivity index (χ4v) is 2.27. The van der Waals surface area contributed by atoms with Crippen LogP contribution in [-0.4, -0.2) is 16.5 Å². The number of aromatic nitrogens is 2. The van der Waals surface area contributed by atoms with Crippen LogP contribution in [0.1, 0.15) is 49.0 Å². The van der Waals surface area contributed by atoms with Crippen molar-refractivity contribution in [1.29, 1.82) is 0 Å². The van der Waals surface area contributed by atoms with Crippen LogP contribution in [0.15, 0.2) is 16.7 Å². The molecule has 2 heterocycles. The van der Waals surface area contributed by atoms with Crippen LogP contribution in [0.3, 0.4) is 0 Å². The molecule has 0 aliphatic heterocycles. The normalized spacial score (nSPS) is 12.2. The molecule has 0 saturated heterocycles. The van der Waals surface area contributed by atoms with Gasteiger partial charge in [-0.25, -0.2) is 4.98 Å². The number of aryl methyl sites for hydroxylation is 3. The summed E-state index contributed by atoms with van der Waals surface area (Å²) in [5, 5.41) is 6.66. The van der Waals surface area contributed by atoms with E-state index in [1.807, 2.05) is 27.0 Å². The average Bonchev–Trinajstić information content (AvgIpc) is 2.78. The van der Waals surface area contributed by atoms with Gasteiger partial charge in [-0.15, -0.1) is 0 Å². The Hall–Kier alpha value is -2.04. The molecule has 0 radical (unpaired) electrons. The molecule has 0 fully saturated rings. The standard InChI is InChI=1S/C16H24N4O/c1-6-7-17-16-18-9-10(2)15(20-16)19-12(4)14-8-11(3)21-13(14)5/h8-9,12H,6-7H2,1-5H3,(H2,17,18,19,20). The molecule has 0 aromatic carbocycles. The van der Waals surface area contributed by atoms with Crippen LogP contribution in [-0.2, 0) is 0 Å². The Bertz CT molecular complexity index is 606. The average molecular weight is 288 g/mol. The van der Waals surface area contributed by atoms with E-state index in [1.165, 1.54) is 0 Å². The van der Waals surface area contributed by atoms with Gasteiger partial charge in [-0.3, -0.25) is 0 Å². The van der Waals surface area contributed by atoms with Crippen molar-refractivity contribution < 1.29 is 4.42 Å². The molecule has 21 heavy (non-hydrogen) atoms. The van der Waals surface area contributed by atoms with E-state index in [0.29, 0.717) is 5.95 Å². The van der Waals surface area contributed by atoms with Crippen molar-refractivity contribution in [2.75, 3.05) is 17.2 Å². The molecule has 114 valence electrons. The van der Waals surface area contributed by atoms with Gasteiger partial charge in [-0.05, 0) is 40.2 Å². The molecule has 0 spiro atoms. The maximum Gasteiger partial charge on any atom is 0.224 e. The van der Waals surface area contributed by atoms with Gasteiger partial charge in [0, 0.05) is 23.9 Å². The van der Waals surface area contributed by atoms with Crippen LogP contribution in [0, 0.1) is 20.8 Å². The third-order valence-electron chi connectivity index (χ3n) is 3.40. The fraction of sp³-hybridized carbons (Fsp3) is 0.500. The molecular weight excluding hydrogens is 264 g/mol. The zero-order chi connectivity index (χ0) is 15.4. The zero-order valence-corrected chi connectivity index (χ0v) is 13.4. The lowest BCUT2D eigenvalue weighted by atomic mass is 10.1. The molecule has 2 aromatic rings. The molecule has 2 rings (SSSR count). The van der Waals surface area contributed by atoms with Gasteiger partial charge in [0.25, 0.3) is 0 Å². The summed E-state index contributed by atoms with van der Waals surface area (Å²) < 4.78 is 5.60. The van der Waals surface area contributed by atoms with Gasteiger partial charge in [-0.1, -0.05) is 6.92 Å². The van der Waals surface area contributed by atoms with E-state index >= 15 is 0 Å². The Morgan fingerprint density at radius 1 is 1.29 bits per heavy atom. The molecule has 0 aliphatic rings. The number of nitrogens with zero attached hydrogens (tertiary/aromatic N) is 2. The Kier molecular flexibility index (Phi) is 4.83. The first-order valence-corrected chi connectivity index (χ1v) is 7.42. The predicted octanol–water partition coefficient (Wildman–Crippen LogP) is 3.99. The maximum absolute atomic E-state index is 5.60. The lowest BCUT2D eigenvalue weighted by Crippen LogP contribution is -2.12. The monoisotopic (exact) mass is 288 g/mol. The van der Waals surface area contributed by atoms with E-state index in [2.05, 4.69) is 40.5 Å². The van der Waals surface area contributed by atoms with Gasteiger partial charge < -0.3 is 15.1 Å². The Morgan fingerprint density at radius 2 is 2.05 bits per heavy atom. The Morgan fingerprint density at radius 3 is 2.67 bits per heavy atom. The van der Waals surface area contributed by atoms with E-state index in [4.69, 9.17) is 4.42 Å². The lowest BCUT2D eigenvalue weighted by Gasteiger charge is -2.16. The SMILES string of the molecule is CCCNc1ncc(C)c(NC(C)c2cc(C)oc2C)n1. The quantitative estimate of drug-likeness (QED) is 0.841. The third kappa shape index (κ3) is 3.74. The summed E-state index contributed by atoms with van der Waals surface area (Å²) >= 11 is 0. The summed E-state index contributed by atoms with van der Waals surface area (Å²) in [6, 6.07) is 2.20. The van der Waals surface area contributed by atoms with Gasteiger partial charge in [0.1, 0.15) is 17.3 Å². The molecule has 0 amide bonds. The third-order valence-corrected chi connectivity index (χ3v) is 3.40. The summed E-state index contributed by atoms with van der Waals surface area (Å²) in [6.07, 6.45) is 2.89. The van der Waals surface area contributed by atoms with Gasteiger partial charge in [0.2, 0.25) is 5.95 Å². The second kappa shape index (κ2) is 6.61. The summed E-state index contributed by atoms with van der Waals surface area (Å²) in [5.74, 6) is 3.40. The molecule has 2 aromatic heterocycles. The van der Waals surface area contributed by atoms with Crippen molar-refractivity contribution in [2.24, 2.45) is 0 Å². The van der Waals surface area contributed by atoms with E-state index < -0.39 is 0 Å². The van der Waals surface area contributed by atoms with Crippen molar-refractivity contribution in [3.63, 3.8) is 0 Å². The number of furan rings is 1. The highest BCUT2D eigenvalue weighted by atomic mass is 16.3. The molecule has 5 nitrogen and oxygen atoms in total. The number of hydrogen-bond donors (Lipinski definition) is 2. The van der Waals surface area contributed by atoms with Crippen LogP contribution in [0.5, 0.6) is 0 Å². The van der Waals surface area contributed by atoms with E-state index in [9.17, 15) is 0 Å². The van der Waals surface area contributed by atoms with Crippen molar-refractivity contribution in [2.45, 2.75) is 47.1 Å². The molecule has 5 heteroatoms. The topological polar surface area (TPSA) is 63.0 Å². The number of anilines is 2. The minimum Gasteiger partial charge on any atom is -0.466 e. The van der Waals surface area contributed by atoms with Crippen molar-refractivity contribution in [1.82, 2.24) is 9.97 Å². The molecule has 1 unspecified atom stereocenters. The summed E-state index contributed by atoms with van der Waals surface area (Å²) in [5.41, 5.74) is 2.19. The zero-order valence-electron chi connectivity index (χ0n) is 13.4. The second-order valence-corrected chi connectivity index (χ2v) is 5.39. The summed E-state index contributed by atoms with van der Waals surface area (Å²) in [7, 11) is 0. The first kappa shape index (κ1) is 15.4. The predicted molar refractivity (Wildman–Crippen MR) is 85.8 cm³/mol. The molecule has 0 saturated carbocycles. The summed E-state index contributed by atoms with van der Waals surface area (Å²) in [6.45, 7) is 11.1. The maximum atomic E-state index is 5.60. The van der Waals surface area contributed by atoms with Crippen LogP contribution in [0.4, 0.5) is 11.8 Å². The van der Waals surface area contributed by atoms with Crippen LogP contribution >= 0.6 is 0 Å². The first-order valence-electron chi connectivity index (χ1n) is 7.42. The van der Waals surface area contributed by atoms with Crippen molar-refractivity contribution in [3.8, 4) is 0 Å². The molecular formula is C16H24N4O. The number of nitrogens with one attached hydrogen (secondary N) is 2. The minimum atomic E-state index is 0.134. The first-order chi connectivity index (χ1) is 10.0. The van der Waals surface area contributed by atoms with Crippen LogP contribution < -0.4 is 10.6 Å². The second-order valence-electron chi connectivity index (χ2n) is 5.39. The van der Waals surface area contributed by atoms with Crippen LogP contribution in [0.2, 0.25) is 0 Å². The molecule has 0 aliphatic carbocycles. The van der Waals surface area contributed by atoms with Crippen molar-refractivity contribution in [3.05, 3.63) is 34.9 Å². The minimum absolute atomic E-state index is 0.134. The molecule has 1 atom stereocenters. The lowest BCUT2D eigenvalue weighted by molar-refractivity contribution is 0.499. The Balaban J connectivity index is 2.16. The van der Waals surface area contributed by atoms with E-state index in [-0.39, 0.29) is 6.04 Å². The van der Waals surface area contributed by atoms with Gasteiger partial charge in [0.15, 0.2) is 0 Å².